The zero-order chi connectivity index (χ0) is 11.0. The Balaban J connectivity index is 2.72. The summed E-state index contributed by atoms with van der Waals surface area (Å²) in [6.07, 6.45) is 0. The Hall–Kier alpha value is -0.750. The van der Waals surface area contributed by atoms with Gasteiger partial charge >= 0.3 is 0 Å². The molecule has 15 heavy (non-hydrogen) atoms. The molecular formula is C8H3Cl2N2O2S-. The van der Waals surface area contributed by atoms with Crippen LogP contribution in [0.15, 0.2) is 23.1 Å². The van der Waals surface area contributed by atoms with Crippen LogP contribution in [0.1, 0.15) is 0 Å². The van der Waals surface area contributed by atoms with E-state index in [2.05, 4.69) is 9.97 Å². The summed E-state index contributed by atoms with van der Waals surface area (Å²) < 4.78 is 21.4. The molecule has 0 aliphatic heterocycles. The van der Waals surface area contributed by atoms with Crippen molar-refractivity contribution in [3.8, 4) is 0 Å². The molecule has 0 saturated carbocycles. The largest absolute Gasteiger partial charge is 0.768 e. The molecular weight excluding hydrogens is 259 g/mol. The van der Waals surface area contributed by atoms with Gasteiger partial charge in [0.25, 0.3) is 0 Å². The molecule has 0 saturated heterocycles. The summed E-state index contributed by atoms with van der Waals surface area (Å²) in [5, 5.41) is 0.151. The van der Waals surface area contributed by atoms with Gasteiger partial charge in [-0.05, 0) is 29.3 Å². The number of rotatable bonds is 1. The molecule has 0 aliphatic carbocycles. The number of nitrogens with zero attached hydrogens (tertiary/aromatic N) is 2. The van der Waals surface area contributed by atoms with Crippen molar-refractivity contribution < 1.29 is 8.76 Å². The fourth-order valence-electron chi connectivity index (χ4n) is 1.09. The average Bonchev–Trinajstić information content (AvgIpc) is 2.19. The Bertz CT molecular complexity index is 562. The van der Waals surface area contributed by atoms with Gasteiger partial charge in [-0.15, -0.1) is 0 Å². The van der Waals surface area contributed by atoms with Gasteiger partial charge in [-0.25, -0.2) is 9.97 Å². The summed E-state index contributed by atoms with van der Waals surface area (Å²) in [7, 11) is 0. The highest BCUT2D eigenvalue weighted by molar-refractivity contribution is 7.79. The number of hydrogen-bond donors (Lipinski definition) is 0. The number of hydrogen-bond acceptors (Lipinski definition) is 4. The monoisotopic (exact) mass is 261 g/mol. The topological polar surface area (TPSA) is 65.9 Å². The molecule has 78 valence electrons. The lowest BCUT2D eigenvalue weighted by Gasteiger charge is -2.05. The van der Waals surface area contributed by atoms with Crippen LogP contribution in [-0.2, 0) is 11.1 Å². The van der Waals surface area contributed by atoms with E-state index in [9.17, 15) is 8.76 Å². The van der Waals surface area contributed by atoms with Gasteiger partial charge in [-0.1, -0.05) is 23.2 Å². The van der Waals surface area contributed by atoms with E-state index in [0.717, 1.165) is 0 Å². The molecule has 0 aliphatic rings. The summed E-state index contributed by atoms with van der Waals surface area (Å²) in [5.74, 6) is 0. The van der Waals surface area contributed by atoms with Crippen molar-refractivity contribution in [2.24, 2.45) is 0 Å². The van der Waals surface area contributed by atoms with E-state index in [4.69, 9.17) is 23.2 Å². The zero-order valence-corrected chi connectivity index (χ0v) is 9.44. The first-order chi connectivity index (χ1) is 7.08. The van der Waals surface area contributed by atoms with Crippen molar-refractivity contribution >= 4 is 45.3 Å². The number of aromatic nitrogens is 2. The van der Waals surface area contributed by atoms with E-state index in [1.807, 2.05) is 0 Å². The smallest absolute Gasteiger partial charge is 0.167 e. The van der Waals surface area contributed by atoms with Crippen LogP contribution in [0.3, 0.4) is 0 Å². The molecule has 1 aromatic heterocycles. The fraction of sp³-hybridized carbons (Fsp3) is 0. The normalized spacial score (nSPS) is 13.0. The lowest BCUT2D eigenvalue weighted by Crippen LogP contribution is -1.92. The van der Waals surface area contributed by atoms with Crippen molar-refractivity contribution in [3.05, 3.63) is 28.5 Å². The minimum atomic E-state index is -2.29. The standard InChI is InChI=1S/C8H4Cl2N2O2S/c9-7-8(10)12-6-3-4(15(13)14)1-2-5(6)11-7/h1-3H,(H,13,14)/p-1. The Labute approximate surface area is 97.5 Å². The Kier molecular flexibility index (Phi) is 2.88. The van der Waals surface area contributed by atoms with Crippen LogP contribution < -0.4 is 0 Å². The molecule has 1 unspecified atom stereocenters. The van der Waals surface area contributed by atoms with Crippen molar-refractivity contribution in [1.29, 1.82) is 0 Å². The quantitative estimate of drug-likeness (QED) is 0.739. The molecule has 0 amide bonds. The summed E-state index contributed by atoms with van der Waals surface area (Å²) in [6.45, 7) is 0. The highest BCUT2D eigenvalue weighted by atomic mass is 35.5. The van der Waals surface area contributed by atoms with Gasteiger partial charge in [-0.2, -0.15) is 0 Å². The molecule has 1 heterocycles. The van der Waals surface area contributed by atoms with Gasteiger partial charge < -0.3 is 4.55 Å². The molecule has 2 rings (SSSR count). The van der Waals surface area contributed by atoms with Gasteiger partial charge in [0, 0.05) is 4.90 Å². The first-order valence-corrected chi connectivity index (χ1v) is 5.63. The molecule has 1 atom stereocenters. The number of benzene rings is 1. The lowest BCUT2D eigenvalue weighted by atomic mass is 10.3. The van der Waals surface area contributed by atoms with E-state index >= 15 is 0 Å². The van der Waals surface area contributed by atoms with Gasteiger partial charge in [-0.3, -0.25) is 4.21 Å². The third kappa shape index (κ3) is 2.10. The van der Waals surface area contributed by atoms with Crippen LogP contribution in [0.4, 0.5) is 0 Å². The van der Waals surface area contributed by atoms with Gasteiger partial charge in [0.15, 0.2) is 10.3 Å². The van der Waals surface area contributed by atoms with Crippen LogP contribution in [0, 0.1) is 0 Å². The van der Waals surface area contributed by atoms with Crippen LogP contribution in [-0.4, -0.2) is 18.7 Å². The second kappa shape index (κ2) is 4.02. The Morgan fingerprint density at radius 1 is 1.13 bits per heavy atom. The third-order valence-electron chi connectivity index (χ3n) is 1.75. The van der Waals surface area contributed by atoms with E-state index < -0.39 is 11.1 Å². The molecule has 0 fully saturated rings. The van der Waals surface area contributed by atoms with Gasteiger partial charge in [0.1, 0.15) is 0 Å². The van der Waals surface area contributed by atoms with E-state index in [1.54, 1.807) is 0 Å². The number of halogens is 2. The lowest BCUT2D eigenvalue weighted by molar-refractivity contribution is 0.537. The van der Waals surface area contributed by atoms with Crippen molar-refractivity contribution in [2.45, 2.75) is 4.90 Å². The van der Waals surface area contributed by atoms with Crippen LogP contribution in [0.5, 0.6) is 0 Å². The Morgan fingerprint density at radius 2 is 1.73 bits per heavy atom. The van der Waals surface area contributed by atoms with Crippen molar-refractivity contribution in [1.82, 2.24) is 9.97 Å². The molecule has 2 aromatic rings. The maximum atomic E-state index is 10.7. The zero-order valence-electron chi connectivity index (χ0n) is 7.11. The third-order valence-corrected chi connectivity index (χ3v) is 3.01. The molecule has 0 bridgehead atoms. The second-order valence-corrected chi connectivity index (χ2v) is 4.35. The predicted octanol–water partition coefficient (Wildman–Crippen LogP) is 2.17. The molecule has 0 spiro atoms. The first kappa shape index (κ1) is 10.8. The molecule has 4 nitrogen and oxygen atoms in total. The SMILES string of the molecule is O=S([O-])c1ccc2nc(Cl)c(Cl)nc2c1. The summed E-state index contributed by atoms with van der Waals surface area (Å²) >= 11 is 9.03. The second-order valence-electron chi connectivity index (χ2n) is 2.69. The minimum Gasteiger partial charge on any atom is -0.768 e. The molecule has 1 aromatic carbocycles. The molecule has 0 N–H and O–H groups in total. The average molecular weight is 262 g/mol. The summed E-state index contributed by atoms with van der Waals surface area (Å²) in [6, 6.07) is 4.33. The first-order valence-electron chi connectivity index (χ1n) is 3.80. The van der Waals surface area contributed by atoms with E-state index in [-0.39, 0.29) is 15.2 Å². The van der Waals surface area contributed by atoms with Crippen molar-refractivity contribution in [2.75, 3.05) is 0 Å². The summed E-state index contributed by atoms with van der Waals surface area (Å²) in [4.78, 5) is 8.00. The van der Waals surface area contributed by atoms with Crippen molar-refractivity contribution in [3.63, 3.8) is 0 Å². The Morgan fingerprint density at radius 3 is 2.33 bits per heavy atom. The van der Waals surface area contributed by atoms with Crippen LogP contribution in [0.25, 0.3) is 11.0 Å². The number of fused-ring (bicyclic) bond motifs is 1. The van der Waals surface area contributed by atoms with E-state index in [0.29, 0.717) is 11.0 Å². The fourth-order valence-corrected chi connectivity index (χ4v) is 1.75. The van der Waals surface area contributed by atoms with Gasteiger partial charge in [0.05, 0.1) is 11.0 Å². The highest BCUT2D eigenvalue weighted by Gasteiger charge is 2.05. The van der Waals surface area contributed by atoms with Gasteiger partial charge in [0.2, 0.25) is 0 Å². The van der Waals surface area contributed by atoms with Crippen LogP contribution >= 0.6 is 23.2 Å². The minimum absolute atomic E-state index is 0.0537. The maximum absolute atomic E-state index is 10.7. The molecule has 0 radical (unpaired) electrons. The highest BCUT2D eigenvalue weighted by Crippen LogP contribution is 2.22. The molecule has 7 heteroatoms. The van der Waals surface area contributed by atoms with Crippen LogP contribution in [0.2, 0.25) is 10.3 Å². The maximum Gasteiger partial charge on any atom is 0.167 e. The van der Waals surface area contributed by atoms with E-state index in [1.165, 1.54) is 18.2 Å². The predicted molar refractivity (Wildman–Crippen MR) is 56.7 cm³/mol. The summed E-state index contributed by atoms with van der Waals surface area (Å²) in [5.41, 5.74) is 0.893.